The fourth-order valence-corrected chi connectivity index (χ4v) is 4.50. The van der Waals surface area contributed by atoms with Gasteiger partial charge in [0, 0.05) is 32.2 Å². The molecule has 0 spiro atoms. The largest absolute Gasteiger partial charge is 0.367 e. The third-order valence-electron chi connectivity index (χ3n) is 4.95. The van der Waals surface area contributed by atoms with Crippen molar-refractivity contribution in [2.75, 3.05) is 36.0 Å². The van der Waals surface area contributed by atoms with Crippen molar-refractivity contribution in [3.63, 3.8) is 0 Å². The Morgan fingerprint density at radius 3 is 2.61 bits per heavy atom. The minimum absolute atomic E-state index is 0.501. The lowest BCUT2D eigenvalue weighted by Gasteiger charge is -2.35. The Hall–Kier alpha value is -2.55. The molecule has 1 aliphatic rings. The number of hydrogen-bond donors (Lipinski definition) is 0. The summed E-state index contributed by atoms with van der Waals surface area (Å²) in [6.07, 6.45) is -0.148. The molecule has 6 nitrogen and oxygen atoms in total. The number of alkyl halides is 2. The first kappa shape index (κ1) is 18.8. The number of benzene rings is 1. The Kier molecular flexibility index (Phi) is 5.25. The van der Waals surface area contributed by atoms with Crippen molar-refractivity contribution in [1.29, 1.82) is 0 Å². The Bertz CT molecular complexity index is 1030. The third-order valence-corrected chi connectivity index (χ3v) is 6.03. The van der Waals surface area contributed by atoms with E-state index in [2.05, 4.69) is 40.0 Å². The van der Waals surface area contributed by atoms with E-state index in [-0.39, 0.29) is 0 Å². The summed E-state index contributed by atoms with van der Waals surface area (Å²) in [4.78, 5) is 21.1. The highest BCUT2D eigenvalue weighted by Crippen LogP contribution is 2.31. The first-order valence-electron chi connectivity index (χ1n) is 9.29. The highest BCUT2D eigenvalue weighted by Gasteiger charge is 2.21. The lowest BCUT2D eigenvalue weighted by molar-refractivity contribution is 0.119. The van der Waals surface area contributed by atoms with Crippen molar-refractivity contribution in [2.24, 2.45) is 0 Å². The normalized spacial score (nSPS) is 15.0. The number of aryl methyl sites for hydroxylation is 1. The summed E-state index contributed by atoms with van der Waals surface area (Å²) in [5.74, 6) is 0. The number of hydrogen-bond acceptors (Lipinski definition) is 6. The fraction of sp³-hybridized carbons (Fsp3) is 0.421. The van der Waals surface area contributed by atoms with E-state index in [0.717, 1.165) is 47.9 Å². The van der Waals surface area contributed by atoms with Gasteiger partial charge in [0.15, 0.2) is 5.13 Å². The van der Waals surface area contributed by atoms with Crippen LogP contribution in [0.25, 0.3) is 10.2 Å². The maximum Gasteiger partial charge on any atom is 0.269 e. The zero-order valence-corrected chi connectivity index (χ0v) is 16.3. The molecule has 0 bridgehead atoms. The van der Waals surface area contributed by atoms with E-state index in [1.54, 1.807) is 11.3 Å². The molecular weight excluding hydrogens is 384 g/mol. The van der Waals surface area contributed by atoms with Gasteiger partial charge >= 0.3 is 0 Å². The molecule has 28 heavy (non-hydrogen) atoms. The monoisotopic (exact) mass is 405 g/mol. The summed E-state index contributed by atoms with van der Waals surface area (Å²) in [6.45, 7) is 4.45. The van der Waals surface area contributed by atoms with E-state index < -0.39 is 18.5 Å². The molecule has 0 N–H and O–H groups in total. The van der Waals surface area contributed by atoms with Crippen LogP contribution < -0.4 is 15.4 Å². The zero-order valence-electron chi connectivity index (χ0n) is 15.5. The second kappa shape index (κ2) is 7.83. The van der Waals surface area contributed by atoms with Crippen LogP contribution in [0.5, 0.6) is 0 Å². The van der Waals surface area contributed by atoms with Crippen molar-refractivity contribution >= 4 is 32.4 Å². The van der Waals surface area contributed by atoms with Gasteiger partial charge in [0.05, 0.1) is 22.1 Å². The molecule has 4 rings (SSSR count). The van der Waals surface area contributed by atoms with Gasteiger partial charge in [-0.1, -0.05) is 30.4 Å². The van der Waals surface area contributed by atoms with Crippen molar-refractivity contribution < 1.29 is 8.78 Å². The van der Waals surface area contributed by atoms with Crippen LogP contribution in [0.2, 0.25) is 0 Å². The summed E-state index contributed by atoms with van der Waals surface area (Å²) in [5, 5.41) is 4.89. The quantitative estimate of drug-likeness (QED) is 0.653. The molecule has 1 aromatic carbocycles. The average molecular weight is 405 g/mol. The van der Waals surface area contributed by atoms with E-state index in [1.165, 1.54) is 22.5 Å². The molecule has 0 saturated carbocycles. The minimum Gasteiger partial charge on any atom is -0.367 e. The Balaban J connectivity index is 1.46. The van der Waals surface area contributed by atoms with Gasteiger partial charge in [0.2, 0.25) is 0 Å². The molecule has 2 aromatic heterocycles. The van der Waals surface area contributed by atoms with Crippen molar-refractivity contribution in [3.05, 3.63) is 46.4 Å². The molecular formula is C19H21F2N5OS. The van der Waals surface area contributed by atoms with E-state index in [0.29, 0.717) is 5.69 Å². The average Bonchev–Trinajstić information content (AvgIpc) is 3.14. The van der Waals surface area contributed by atoms with E-state index in [9.17, 15) is 13.6 Å². The van der Waals surface area contributed by atoms with Gasteiger partial charge in [-0.15, -0.1) is 0 Å². The lowest BCUT2D eigenvalue weighted by atomic mass is 10.1. The summed E-state index contributed by atoms with van der Waals surface area (Å²) >= 11 is 1.70. The molecule has 0 radical (unpaired) electrons. The van der Waals surface area contributed by atoms with Crippen LogP contribution in [0.1, 0.15) is 12.5 Å². The number of para-hydroxylation sites is 1. The molecule has 1 aliphatic heterocycles. The number of thiazole rings is 1. The van der Waals surface area contributed by atoms with E-state index in [4.69, 9.17) is 4.98 Å². The van der Waals surface area contributed by atoms with Crippen LogP contribution in [0.4, 0.5) is 19.6 Å². The molecule has 1 fully saturated rings. The lowest BCUT2D eigenvalue weighted by Crippen LogP contribution is -2.47. The van der Waals surface area contributed by atoms with Crippen LogP contribution in [0.15, 0.2) is 35.3 Å². The van der Waals surface area contributed by atoms with E-state index in [1.807, 2.05) is 0 Å². The topological polar surface area (TPSA) is 54.3 Å². The zero-order chi connectivity index (χ0) is 19.7. The van der Waals surface area contributed by atoms with Crippen molar-refractivity contribution in [1.82, 2.24) is 14.8 Å². The van der Waals surface area contributed by atoms with Gasteiger partial charge < -0.3 is 9.80 Å². The standard InChI is InChI=1S/C19H21F2N5OS/c1-2-13-4-3-5-15-18(13)23-19(28-15)25-8-6-24(7-9-25)14-10-17(27)26(22-11-14)12-16(20)21/h3-5,10-11,16H,2,6-9,12H2,1H3. The predicted molar refractivity (Wildman–Crippen MR) is 108 cm³/mol. The Labute approximate surface area is 165 Å². The number of rotatable bonds is 5. The van der Waals surface area contributed by atoms with Crippen molar-refractivity contribution in [3.8, 4) is 0 Å². The maximum absolute atomic E-state index is 12.5. The number of piperazine rings is 1. The second-order valence-corrected chi connectivity index (χ2v) is 7.72. The molecule has 0 atom stereocenters. The van der Waals surface area contributed by atoms with Crippen LogP contribution in [-0.2, 0) is 13.0 Å². The summed E-state index contributed by atoms with van der Waals surface area (Å²) in [7, 11) is 0. The van der Waals surface area contributed by atoms with Gasteiger partial charge in [-0.05, 0) is 18.1 Å². The number of fused-ring (bicyclic) bond motifs is 1. The summed E-state index contributed by atoms with van der Waals surface area (Å²) < 4.78 is 26.9. The molecule has 0 unspecified atom stereocenters. The minimum atomic E-state index is -2.60. The third kappa shape index (κ3) is 3.71. The molecule has 148 valence electrons. The van der Waals surface area contributed by atoms with Crippen molar-refractivity contribution in [2.45, 2.75) is 26.3 Å². The first-order valence-corrected chi connectivity index (χ1v) is 10.1. The van der Waals surface area contributed by atoms with Crippen LogP contribution in [0, 0.1) is 0 Å². The van der Waals surface area contributed by atoms with Gasteiger partial charge in [0.25, 0.3) is 12.0 Å². The first-order chi connectivity index (χ1) is 13.5. The molecule has 9 heteroatoms. The van der Waals surface area contributed by atoms with Gasteiger partial charge in [0.1, 0.15) is 6.54 Å². The summed E-state index contributed by atoms with van der Waals surface area (Å²) in [6, 6.07) is 7.68. The second-order valence-electron chi connectivity index (χ2n) is 6.71. The number of anilines is 2. The molecule has 1 saturated heterocycles. The van der Waals surface area contributed by atoms with Crippen LogP contribution >= 0.6 is 11.3 Å². The highest BCUT2D eigenvalue weighted by atomic mass is 32.1. The summed E-state index contributed by atoms with van der Waals surface area (Å²) in [5.41, 5.74) is 2.51. The molecule has 3 aromatic rings. The van der Waals surface area contributed by atoms with Crippen LogP contribution in [-0.4, -0.2) is 47.4 Å². The Morgan fingerprint density at radius 2 is 1.93 bits per heavy atom. The van der Waals surface area contributed by atoms with Gasteiger partial charge in [-0.3, -0.25) is 4.79 Å². The number of nitrogens with zero attached hydrogens (tertiary/aromatic N) is 5. The number of halogens is 2. The Morgan fingerprint density at radius 1 is 1.18 bits per heavy atom. The molecule has 0 amide bonds. The fourth-order valence-electron chi connectivity index (χ4n) is 3.44. The van der Waals surface area contributed by atoms with Crippen LogP contribution in [0.3, 0.4) is 0 Å². The smallest absolute Gasteiger partial charge is 0.269 e. The van der Waals surface area contributed by atoms with E-state index >= 15 is 0 Å². The maximum atomic E-state index is 12.5. The molecule has 3 heterocycles. The predicted octanol–water partition coefficient (Wildman–Crippen LogP) is 3.01. The molecule has 0 aliphatic carbocycles. The number of aromatic nitrogens is 3. The SMILES string of the molecule is CCc1cccc2sc(N3CCN(c4cnn(CC(F)F)c(=O)c4)CC3)nc12. The van der Waals surface area contributed by atoms with Gasteiger partial charge in [-0.25, -0.2) is 18.4 Å². The highest BCUT2D eigenvalue weighted by molar-refractivity contribution is 7.22. The van der Waals surface area contributed by atoms with Gasteiger partial charge in [-0.2, -0.15) is 5.10 Å².